The predicted octanol–water partition coefficient (Wildman–Crippen LogP) is 5.30. The number of fused-ring (bicyclic) bond motifs is 2. The van der Waals surface area contributed by atoms with Crippen LogP contribution in [0.1, 0.15) is 42.5 Å². The lowest BCUT2D eigenvalue weighted by atomic mass is 10.2. The lowest BCUT2D eigenvalue weighted by Gasteiger charge is -2.12. The van der Waals surface area contributed by atoms with Crippen molar-refractivity contribution in [3.63, 3.8) is 0 Å². The van der Waals surface area contributed by atoms with Crippen LogP contribution in [0.25, 0.3) is 16.6 Å². The summed E-state index contributed by atoms with van der Waals surface area (Å²) in [7, 11) is 0. The molecule has 0 spiro atoms. The molecule has 0 saturated carbocycles. The maximum Gasteiger partial charge on any atom is 0.282 e. The summed E-state index contributed by atoms with van der Waals surface area (Å²) in [5, 5.41) is 5.11. The molecule has 2 aromatic heterocycles. The lowest BCUT2D eigenvalue weighted by molar-refractivity contribution is 0.174. The number of ether oxygens (including phenoxy) is 2. The Morgan fingerprint density at radius 2 is 1.88 bits per heavy atom. The van der Waals surface area contributed by atoms with Gasteiger partial charge >= 0.3 is 0 Å². The van der Waals surface area contributed by atoms with E-state index < -0.39 is 0 Å². The van der Waals surface area contributed by atoms with Gasteiger partial charge in [-0.1, -0.05) is 29.8 Å². The summed E-state index contributed by atoms with van der Waals surface area (Å²) in [6, 6.07) is 13.5. The van der Waals surface area contributed by atoms with Gasteiger partial charge in [-0.05, 0) is 50.2 Å². The summed E-state index contributed by atoms with van der Waals surface area (Å²) < 4.78 is 15.3. The normalized spacial score (nSPS) is 13.0. The lowest BCUT2D eigenvalue weighted by Crippen LogP contribution is -2.23. The van der Waals surface area contributed by atoms with Crippen LogP contribution in [0.3, 0.4) is 0 Å². The number of hydrogen-bond acceptors (Lipinski definition) is 5. The Hall–Kier alpha value is -3.39. The maximum atomic E-state index is 13.3. The number of benzene rings is 2. The first kappa shape index (κ1) is 21.5. The second-order valence-corrected chi connectivity index (χ2v) is 9.26. The van der Waals surface area contributed by atoms with Crippen LogP contribution in [0.15, 0.2) is 56.8 Å². The third kappa shape index (κ3) is 3.74. The quantitative estimate of drug-likeness (QED) is 0.352. The maximum absolute atomic E-state index is 13.3. The largest absolute Gasteiger partial charge is 0.454 e. The Bertz CT molecular complexity index is 1480. The Morgan fingerprint density at radius 1 is 1.09 bits per heavy atom. The van der Waals surface area contributed by atoms with E-state index in [9.17, 15) is 4.79 Å². The van der Waals surface area contributed by atoms with Crippen molar-refractivity contribution >= 4 is 33.0 Å². The van der Waals surface area contributed by atoms with Gasteiger partial charge in [0.15, 0.2) is 11.5 Å². The Morgan fingerprint density at radius 3 is 2.67 bits per heavy atom. The molecule has 0 atom stereocenters. The van der Waals surface area contributed by atoms with Crippen molar-refractivity contribution in [3.05, 3.63) is 80.1 Å². The fourth-order valence-corrected chi connectivity index (χ4v) is 4.47. The van der Waals surface area contributed by atoms with Crippen molar-refractivity contribution < 1.29 is 9.47 Å². The highest BCUT2D eigenvalue weighted by Crippen LogP contribution is 2.34. The molecular weight excluding hydrogens is 484 g/mol. The second kappa shape index (κ2) is 8.19. The van der Waals surface area contributed by atoms with Gasteiger partial charge in [0.2, 0.25) is 6.79 Å². The summed E-state index contributed by atoms with van der Waals surface area (Å²) >= 11 is 3.44. The fourth-order valence-electron chi connectivity index (χ4n) is 4.11. The first-order chi connectivity index (χ1) is 15.8. The van der Waals surface area contributed by atoms with E-state index in [1.54, 1.807) is 12.3 Å². The molecule has 5 rings (SSSR count). The van der Waals surface area contributed by atoms with Crippen LogP contribution in [0.5, 0.6) is 11.5 Å². The van der Waals surface area contributed by atoms with E-state index in [0.717, 1.165) is 38.6 Å². The smallest absolute Gasteiger partial charge is 0.282 e. The molecule has 2 aromatic carbocycles. The third-order valence-electron chi connectivity index (χ3n) is 5.75. The summed E-state index contributed by atoms with van der Waals surface area (Å²) in [5.41, 5.74) is 4.42. The molecular formula is C25H23BrN4O3. The van der Waals surface area contributed by atoms with E-state index in [1.165, 1.54) is 4.68 Å². The van der Waals surface area contributed by atoms with Gasteiger partial charge < -0.3 is 14.0 Å². The number of aromatic nitrogens is 3. The van der Waals surface area contributed by atoms with E-state index >= 15 is 0 Å². The SMILES string of the molecule is Cc1cc(C=Nn2c(C(C)C)nc3ccc(Br)cc3c2=O)c(C)n1-c1ccc2c(c1)OCO2. The highest BCUT2D eigenvalue weighted by Gasteiger charge is 2.17. The average molecular weight is 507 g/mol. The molecule has 0 aliphatic carbocycles. The monoisotopic (exact) mass is 506 g/mol. The van der Waals surface area contributed by atoms with Crippen molar-refractivity contribution in [2.75, 3.05) is 6.79 Å². The van der Waals surface area contributed by atoms with Gasteiger partial charge in [-0.15, -0.1) is 0 Å². The van der Waals surface area contributed by atoms with Crippen molar-refractivity contribution in [1.29, 1.82) is 0 Å². The molecule has 8 heteroatoms. The molecule has 0 fully saturated rings. The zero-order valence-corrected chi connectivity index (χ0v) is 20.4. The first-order valence-electron chi connectivity index (χ1n) is 10.7. The number of hydrogen-bond donors (Lipinski definition) is 0. The minimum absolute atomic E-state index is 0.0314. The second-order valence-electron chi connectivity index (χ2n) is 8.35. The molecule has 3 heterocycles. The Balaban J connectivity index is 1.59. The third-order valence-corrected chi connectivity index (χ3v) is 6.24. The molecule has 0 unspecified atom stereocenters. The molecule has 0 amide bonds. The first-order valence-corrected chi connectivity index (χ1v) is 11.5. The average Bonchev–Trinajstić information content (AvgIpc) is 3.36. The highest BCUT2D eigenvalue weighted by atomic mass is 79.9. The van der Waals surface area contributed by atoms with Gasteiger partial charge in [0.05, 0.1) is 17.1 Å². The summed E-state index contributed by atoms with van der Waals surface area (Å²) in [4.78, 5) is 18.0. The minimum Gasteiger partial charge on any atom is -0.454 e. The van der Waals surface area contributed by atoms with E-state index in [1.807, 2.05) is 58.0 Å². The van der Waals surface area contributed by atoms with Crippen molar-refractivity contribution in [3.8, 4) is 17.2 Å². The van der Waals surface area contributed by atoms with Gasteiger partial charge in [-0.25, -0.2) is 4.98 Å². The van der Waals surface area contributed by atoms with Crippen molar-refractivity contribution in [2.45, 2.75) is 33.6 Å². The number of rotatable bonds is 4. The predicted molar refractivity (Wildman–Crippen MR) is 132 cm³/mol. The van der Waals surface area contributed by atoms with Crippen LogP contribution in [-0.4, -0.2) is 27.2 Å². The Kier molecular flexibility index (Phi) is 5.32. The van der Waals surface area contributed by atoms with E-state index in [-0.39, 0.29) is 18.3 Å². The topological polar surface area (TPSA) is 70.6 Å². The zero-order chi connectivity index (χ0) is 23.3. The number of aryl methyl sites for hydroxylation is 1. The standard InChI is InChI=1S/C25H23BrN4O3/c1-14(2)24-28-21-7-5-18(26)10-20(21)25(31)30(24)27-12-17-9-15(3)29(16(17)4)19-6-8-22-23(11-19)33-13-32-22/h5-12,14H,13H2,1-4H3. The molecule has 0 N–H and O–H groups in total. The van der Waals surface area contributed by atoms with E-state index in [0.29, 0.717) is 16.7 Å². The van der Waals surface area contributed by atoms with Gasteiger partial charge in [0.1, 0.15) is 5.82 Å². The molecule has 1 aliphatic rings. The highest BCUT2D eigenvalue weighted by molar-refractivity contribution is 9.10. The van der Waals surface area contributed by atoms with Gasteiger partial charge in [0, 0.05) is 39.1 Å². The van der Waals surface area contributed by atoms with Crippen LogP contribution < -0.4 is 15.0 Å². The van der Waals surface area contributed by atoms with E-state index in [2.05, 4.69) is 31.7 Å². The fraction of sp³-hybridized carbons (Fsp3) is 0.240. The summed E-state index contributed by atoms with van der Waals surface area (Å²) in [6.45, 7) is 8.31. The number of nitrogens with zero attached hydrogens (tertiary/aromatic N) is 4. The van der Waals surface area contributed by atoms with Gasteiger partial charge in [-0.3, -0.25) is 4.79 Å². The van der Waals surface area contributed by atoms with Gasteiger partial charge in [0.25, 0.3) is 5.56 Å². The van der Waals surface area contributed by atoms with Crippen LogP contribution in [0, 0.1) is 13.8 Å². The molecule has 33 heavy (non-hydrogen) atoms. The summed E-state index contributed by atoms with van der Waals surface area (Å²) in [5.74, 6) is 2.13. The Labute approximate surface area is 199 Å². The summed E-state index contributed by atoms with van der Waals surface area (Å²) in [6.07, 6.45) is 1.73. The molecule has 7 nitrogen and oxygen atoms in total. The van der Waals surface area contributed by atoms with Crippen LogP contribution >= 0.6 is 15.9 Å². The van der Waals surface area contributed by atoms with Crippen LogP contribution in [-0.2, 0) is 0 Å². The minimum atomic E-state index is -0.189. The van der Waals surface area contributed by atoms with Crippen molar-refractivity contribution in [1.82, 2.24) is 14.2 Å². The molecule has 4 aromatic rings. The molecule has 0 bridgehead atoms. The molecule has 0 saturated heterocycles. The van der Waals surface area contributed by atoms with Gasteiger partial charge in [-0.2, -0.15) is 9.78 Å². The van der Waals surface area contributed by atoms with E-state index in [4.69, 9.17) is 14.5 Å². The molecule has 168 valence electrons. The van der Waals surface area contributed by atoms with Crippen LogP contribution in [0.2, 0.25) is 0 Å². The molecule has 0 radical (unpaired) electrons. The number of halogens is 1. The molecule has 1 aliphatic heterocycles. The van der Waals surface area contributed by atoms with Crippen LogP contribution in [0.4, 0.5) is 0 Å². The van der Waals surface area contributed by atoms with Crippen molar-refractivity contribution in [2.24, 2.45) is 5.10 Å². The zero-order valence-electron chi connectivity index (χ0n) is 18.8.